The third kappa shape index (κ3) is 2.61. The van der Waals surface area contributed by atoms with E-state index in [2.05, 4.69) is 14.9 Å². The number of rotatable bonds is 3. The van der Waals surface area contributed by atoms with Gasteiger partial charge >= 0.3 is 0 Å². The van der Waals surface area contributed by atoms with Gasteiger partial charge < -0.3 is 5.73 Å². The number of nitrogens with zero attached hydrogens (tertiary/aromatic N) is 4. The largest absolute Gasteiger partial charge is 0.383 e. The van der Waals surface area contributed by atoms with E-state index in [4.69, 9.17) is 10.7 Å². The van der Waals surface area contributed by atoms with Crippen molar-refractivity contribution in [1.29, 1.82) is 0 Å². The number of fused-ring (bicyclic) bond motifs is 1. The summed E-state index contributed by atoms with van der Waals surface area (Å²) in [4.78, 5) is 15.8. The highest BCUT2D eigenvalue weighted by atomic mass is 15.1. The lowest BCUT2D eigenvalue weighted by Crippen LogP contribution is -2.31. The van der Waals surface area contributed by atoms with Crippen molar-refractivity contribution < 1.29 is 0 Å². The van der Waals surface area contributed by atoms with Crippen molar-refractivity contribution in [3.05, 3.63) is 47.2 Å². The van der Waals surface area contributed by atoms with E-state index in [9.17, 15) is 0 Å². The molecular weight excluding hydrogens is 262 g/mol. The quantitative estimate of drug-likeness (QED) is 0.930. The molecule has 0 spiro atoms. The Bertz CT molecular complexity index is 665. The molecule has 0 radical (unpaired) electrons. The molecule has 2 aromatic heterocycles. The molecule has 5 nitrogen and oxygen atoms in total. The van der Waals surface area contributed by atoms with Gasteiger partial charge in [-0.15, -0.1) is 0 Å². The van der Waals surface area contributed by atoms with E-state index in [0.29, 0.717) is 11.7 Å². The molecule has 21 heavy (non-hydrogen) atoms. The van der Waals surface area contributed by atoms with Gasteiger partial charge in [0.1, 0.15) is 11.6 Å². The van der Waals surface area contributed by atoms with Crippen LogP contribution in [0.4, 0.5) is 5.82 Å². The maximum atomic E-state index is 5.93. The van der Waals surface area contributed by atoms with E-state index in [0.717, 1.165) is 37.4 Å². The molecule has 0 saturated heterocycles. The van der Waals surface area contributed by atoms with Crippen LogP contribution in [-0.2, 0) is 19.5 Å². The molecule has 0 bridgehead atoms. The first-order chi connectivity index (χ1) is 10.3. The van der Waals surface area contributed by atoms with Crippen molar-refractivity contribution in [3.63, 3.8) is 0 Å². The molecule has 1 saturated carbocycles. The summed E-state index contributed by atoms with van der Waals surface area (Å²) in [6.45, 7) is 2.75. The first-order valence-electron chi connectivity index (χ1n) is 7.56. The number of anilines is 1. The van der Waals surface area contributed by atoms with E-state index in [1.165, 1.54) is 24.1 Å². The Morgan fingerprint density at radius 1 is 1.29 bits per heavy atom. The van der Waals surface area contributed by atoms with Crippen molar-refractivity contribution in [1.82, 2.24) is 19.9 Å². The fourth-order valence-corrected chi connectivity index (χ4v) is 2.89. The Morgan fingerprint density at radius 2 is 2.19 bits per heavy atom. The molecule has 2 N–H and O–H groups in total. The number of pyridine rings is 1. The highest BCUT2D eigenvalue weighted by Crippen LogP contribution is 2.38. The molecule has 4 rings (SSSR count). The maximum Gasteiger partial charge on any atom is 0.131 e. The van der Waals surface area contributed by atoms with Crippen LogP contribution < -0.4 is 5.73 Å². The number of nitrogen functional groups attached to an aromatic ring is 1. The molecule has 108 valence electrons. The lowest BCUT2D eigenvalue weighted by atomic mass is 10.1. The van der Waals surface area contributed by atoms with Gasteiger partial charge in [-0.25, -0.2) is 15.0 Å². The first-order valence-corrected chi connectivity index (χ1v) is 7.56. The molecule has 3 heterocycles. The second kappa shape index (κ2) is 5.07. The van der Waals surface area contributed by atoms with Crippen molar-refractivity contribution in [2.75, 3.05) is 12.3 Å². The van der Waals surface area contributed by atoms with Gasteiger partial charge in [-0.2, -0.15) is 0 Å². The van der Waals surface area contributed by atoms with Gasteiger partial charge in [-0.3, -0.25) is 4.90 Å². The molecule has 2 aliphatic rings. The van der Waals surface area contributed by atoms with Crippen LogP contribution >= 0.6 is 0 Å². The summed E-state index contributed by atoms with van der Waals surface area (Å²) in [7, 11) is 0. The predicted molar refractivity (Wildman–Crippen MR) is 80.5 cm³/mol. The zero-order chi connectivity index (χ0) is 14.2. The normalized spacial score (nSPS) is 18.5. The monoisotopic (exact) mass is 281 g/mol. The Balaban J connectivity index is 1.50. The first kappa shape index (κ1) is 12.7. The lowest BCUT2D eigenvalue weighted by molar-refractivity contribution is 0.243. The van der Waals surface area contributed by atoms with Crippen LogP contribution in [0, 0.1) is 0 Å². The van der Waals surface area contributed by atoms with Gasteiger partial charge in [-0.1, -0.05) is 6.07 Å². The van der Waals surface area contributed by atoms with Gasteiger partial charge in [0.25, 0.3) is 0 Å². The van der Waals surface area contributed by atoms with Crippen LogP contribution in [0.15, 0.2) is 24.5 Å². The highest BCUT2D eigenvalue weighted by molar-refractivity contribution is 5.38. The standard InChI is InChI=1S/C16H19N5/c17-15-12(2-1-6-18-15)9-21-7-5-14-13(10-21)8-19-16(20-14)11-3-4-11/h1-2,6,8,11H,3-5,7,9-10H2,(H2,17,18). The van der Waals surface area contributed by atoms with Crippen molar-refractivity contribution in [2.45, 2.75) is 38.3 Å². The van der Waals surface area contributed by atoms with Crippen LogP contribution in [0.5, 0.6) is 0 Å². The molecule has 2 aromatic rings. The van der Waals surface area contributed by atoms with Crippen LogP contribution in [-0.4, -0.2) is 26.4 Å². The summed E-state index contributed by atoms with van der Waals surface area (Å²) in [5.41, 5.74) is 9.52. The highest BCUT2D eigenvalue weighted by Gasteiger charge is 2.28. The second-order valence-corrected chi connectivity index (χ2v) is 5.98. The van der Waals surface area contributed by atoms with Crippen molar-refractivity contribution in [3.8, 4) is 0 Å². The molecular formula is C16H19N5. The molecule has 0 aromatic carbocycles. The van der Waals surface area contributed by atoms with Gasteiger partial charge in [0.2, 0.25) is 0 Å². The van der Waals surface area contributed by atoms with E-state index in [-0.39, 0.29) is 0 Å². The van der Waals surface area contributed by atoms with E-state index < -0.39 is 0 Å². The fourth-order valence-electron chi connectivity index (χ4n) is 2.89. The summed E-state index contributed by atoms with van der Waals surface area (Å²) >= 11 is 0. The molecule has 1 aliphatic carbocycles. The molecule has 0 unspecified atom stereocenters. The Labute approximate surface area is 124 Å². The molecule has 1 aliphatic heterocycles. The SMILES string of the molecule is Nc1ncccc1CN1CCc2nc(C3CC3)ncc2C1. The van der Waals surface area contributed by atoms with Crippen LogP contribution in [0.1, 0.15) is 41.4 Å². The summed E-state index contributed by atoms with van der Waals surface area (Å²) in [6.07, 6.45) is 7.26. The summed E-state index contributed by atoms with van der Waals surface area (Å²) in [5.74, 6) is 2.31. The summed E-state index contributed by atoms with van der Waals surface area (Å²) in [6, 6.07) is 3.99. The predicted octanol–water partition coefficient (Wildman–Crippen LogP) is 1.89. The van der Waals surface area contributed by atoms with Gasteiger partial charge in [-0.05, 0) is 18.9 Å². The molecule has 5 heteroatoms. The van der Waals surface area contributed by atoms with E-state index in [1.54, 1.807) is 6.20 Å². The zero-order valence-corrected chi connectivity index (χ0v) is 12.0. The smallest absolute Gasteiger partial charge is 0.131 e. The van der Waals surface area contributed by atoms with Crippen molar-refractivity contribution in [2.24, 2.45) is 0 Å². The zero-order valence-electron chi connectivity index (χ0n) is 12.0. The van der Waals surface area contributed by atoms with Gasteiger partial charge in [0.15, 0.2) is 0 Å². The minimum absolute atomic E-state index is 0.628. The van der Waals surface area contributed by atoms with Crippen molar-refractivity contribution >= 4 is 5.82 Å². The van der Waals surface area contributed by atoms with Crippen LogP contribution in [0.2, 0.25) is 0 Å². The minimum atomic E-state index is 0.628. The Morgan fingerprint density at radius 3 is 3.00 bits per heavy atom. The number of nitrogens with two attached hydrogens (primary N) is 1. The Kier molecular flexibility index (Phi) is 3.07. The average Bonchev–Trinajstić information content (AvgIpc) is 3.34. The minimum Gasteiger partial charge on any atom is -0.383 e. The third-order valence-corrected chi connectivity index (χ3v) is 4.29. The maximum absolute atomic E-state index is 5.93. The summed E-state index contributed by atoms with van der Waals surface area (Å²) in [5, 5.41) is 0. The average molecular weight is 281 g/mol. The number of aromatic nitrogens is 3. The van der Waals surface area contributed by atoms with Crippen LogP contribution in [0.25, 0.3) is 0 Å². The van der Waals surface area contributed by atoms with Crippen LogP contribution in [0.3, 0.4) is 0 Å². The topological polar surface area (TPSA) is 67.9 Å². The molecule has 0 atom stereocenters. The lowest BCUT2D eigenvalue weighted by Gasteiger charge is -2.28. The number of hydrogen-bond donors (Lipinski definition) is 1. The third-order valence-electron chi connectivity index (χ3n) is 4.29. The van der Waals surface area contributed by atoms with Gasteiger partial charge in [0, 0.05) is 61.2 Å². The Hall–Kier alpha value is -2.01. The molecule has 1 fully saturated rings. The van der Waals surface area contributed by atoms with E-state index in [1.807, 2.05) is 18.3 Å². The van der Waals surface area contributed by atoms with E-state index >= 15 is 0 Å². The summed E-state index contributed by atoms with van der Waals surface area (Å²) < 4.78 is 0. The van der Waals surface area contributed by atoms with Gasteiger partial charge in [0.05, 0.1) is 0 Å². The fraction of sp³-hybridized carbons (Fsp3) is 0.438. The molecule has 0 amide bonds. The number of hydrogen-bond acceptors (Lipinski definition) is 5. The second-order valence-electron chi connectivity index (χ2n) is 5.98.